The molecule has 0 bridgehead atoms. The number of nitro benzene ring substituents is 1. The minimum absolute atomic E-state index is 0.0348. The van der Waals surface area contributed by atoms with Crippen LogP contribution in [0.3, 0.4) is 0 Å². The Hall–Kier alpha value is -3.09. The molecule has 0 atom stereocenters. The zero-order valence-corrected chi connectivity index (χ0v) is 14.1. The van der Waals surface area contributed by atoms with E-state index in [0.717, 1.165) is 0 Å². The lowest BCUT2D eigenvalue weighted by molar-refractivity contribution is -0.384. The van der Waals surface area contributed by atoms with Gasteiger partial charge in [-0.05, 0) is 30.2 Å². The second kappa shape index (κ2) is 8.68. The van der Waals surface area contributed by atoms with Gasteiger partial charge in [0.2, 0.25) is 0 Å². The van der Waals surface area contributed by atoms with E-state index in [1.807, 2.05) is 6.07 Å². The molecule has 0 saturated heterocycles. The molecule has 25 heavy (non-hydrogen) atoms. The van der Waals surface area contributed by atoms with Crippen LogP contribution in [-0.4, -0.2) is 24.0 Å². The summed E-state index contributed by atoms with van der Waals surface area (Å²) in [5.41, 5.74) is 0.431. The van der Waals surface area contributed by atoms with Gasteiger partial charge >= 0.3 is 0 Å². The van der Waals surface area contributed by atoms with Crippen LogP contribution in [0.2, 0.25) is 0 Å². The van der Waals surface area contributed by atoms with Crippen LogP contribution in [-0.2, 0) is 4.79 Å². The molecule has 2 rings (SSSR count). The number of carbonyl (C=O) groups excluding carboxylic acids is 1. The molecule has 0 saturated carbocycles. The van der Waals surface area contributed by atoms with Gasteiger partial charge in [-0.2, -0.15) is 0 Å². The van der Waals surface area contributed by atoms with Gasteiger partial charge in [-0.15, -0.1) is 0 Å². The molecular formula is C18H20N2O5. The van der Waals surface area contributed by atoms with E-state index in [0.29, 0.717) is 29.7 Å². The molecule has 1 amide bonds. The summed E-state index contributed by atoms with van der Waals surface area (Å²) in [6.07, 6.45) is 0. The number of non-ortho nitro benzene ring substituents is 1. The van der Waals surface area contributed by atoms with Gasteiger partial charge < -0.3 is 14.8 Å². The number of nitrogens with zero attached hydrogens (tertiary/aromatic N) is 1. The summed E-state index contributed by atoms with van der Waals surface area (Å²) in [5, 5.41) is 13.2. The molecule has 0 radical (unpaired) electrons. The number of nitrogens with one attached hydrogen (secondary N) is 1. The topological polar surface area (TPSA) is 90.7 Å². The number of ether oxygens (including phenoxy) is 2. The van der Waals surface area contributed by atoms with Gasteiger partial charge in [-0.3, -0.25) is 14.9 Å². The van der Waals surface area contributed by atoms with Crippen molar-refractivity contribution in [2.24, 2.45) is 5.92 Å². The summed E-state index contributed by atoms with van der Waals surface area (Å²) in [4.78, 5) is 22.0. The average Bonchev–Trinajstić information content (AvgIpc) is 2.59. The summed E-state index contributed by atoms with van der Waals surface area (Å²) in [6.45, 7) is 4.54. The number of anilines is 1. The minimum atomic E-state index is -0.497. The molecule has 0 aromatic heterocycles. The molecule has 0 heterocycles. The van der Waals surface area contributed by atoms with Crippen molar-refractivity contribution in [1.82, 2.24) is 0 Å². The molecule has 0 aliphatic carbocycles. The molecule has 0 aliphatic rings. The summed E-state index contributed by atoms with van der Waals surface area (Å²) in [7, 11) is 0. The second-order valence-corrected chi connectivity index (χ2v) is 5.82. The maximum atomic E-state index is 11.9. The van der Waals surface area contributed by atoms with Crippen molar-refractivity contribution in [3.63, 3.8) is 0 Å². The van der Waals surface area contributed by atoms with Crippen molar-refractivity contribution >= 4 is 17.3 Å². The second-order valence-electron chi connectivity index (χ2n) is 5.82. The number of hydrogen-bond donors (Lipinski definition) is 1. The Morgan fingerprint density at radius 3 is 2.36 bits per heavy atom. The maximum Gasteiger partial charge on any atom is 0.269 e. The molecule has 2 aromatic carbocycles. The monoisotopic (exact) mass is 344 g/mol. The van der Waals surface area contributed by atoms with Gasteiger partial charge in [0.25, 0.3) is 11.6 Å². The molecule has 0 fully saturated rings. The maximum absolute atomic E-state index is 11.9. The third-order valence-electron chi connectivity index (χ3n) is 3.12. The molecule has 0 spiro atoms. The fourth-order valence-corrected chi connectivity index (χ4v) is 1.93. The van der Waals surface area contributed by atoms with Crippen LogP contribution in [0.25, 0.3) is 0 Å². The normalized spacial score (nSPS) is 10.4. The summed E-state index contributed by atoms with van der Waals surface area (Å²) in [5.74, 6) is 1.27. The minimum Gasteiger partial charge on any atom is -0.493 e. The largest absolute Gasteiger partial charge is 0.493 e. The Morgan fingerprint density at radius 2 is 1.76 bits per heavy atom. The van der Waals surface area contributed by atoms with Crippen LogP contribution >= 0.6 is 0 Å². The van der Waals surface area contributed by atoms with Gasteiger partial charge in [0.05, 0.1) is 11.5 Å². The Kier molecular flexibility index (Phi) is 6.33. The number of amides is 1. The van der Waals surface area contributed by atoms with Crippen molar-refractivity contribution in [1.29, 1.82) is 0 Å². The Labute approximate surface area is 145 Å². The zero-order valence-electron chi connectivity index (χ0n) is 14.1. The fraction of sp³-hybridized carbons (Fsp3) is 0.278. The van der Waals surface area contributed by atoms with E-state index in [2.05, 4.69) is 19.2 Å². The van der Waals surface area contributed by atoms with E-state index >= 15 is 0 Å². The van der Waals surface area contributed by atoms with Crippen molar-refractivity contribution in [2.75, 3.05) is 18.5 Å². The van der Waals surface area contributed by atoms with Gasteiger partial charge in [0, 0.05) is 23.9 Å². The summed E-state index contributed by atoms with van der Waals surface area (Å²) >= 11 is 0. The van der Waals surface area contributed by atoms with Gasteiger partial charge in [0.15, 0.2) is 6.61 Å². The highest BCUT2D eigenvalue weighted by Gasteiger charge is 2.08. The lowest BCUT2D eigenvalue weighted by atomic mass is 10.2. The van der Waals surface area contributed by atoms with Crippen LogP contribution in [0.5, 0.6) is 11.5 Å². The zero-order chi connectivity index (χ0) is 18.2. The van der Waals surface area contributed by atoms with Crippen molar-refractivity contribution in [3.05, 3.63) is 58.6 Å². The van der Waals surface area contributed by atoms with Gasteiger partial charge in [0.1, 0.15) is 11.5 Å². The summed E-state index contributed by atoms with van der Waals surface area (Å²) in [6, 6.07) is 12.7. The Bertz CT molecular complexity index is 729. The van der Waals surface area contributed by atoms with E-state index in [-0.39, 0.29) is 18.2 Å². The highest BCUT2D eigenvalue weighted by Crippen LogP contribution is 2.20. The SMILES string of the molecule is CC(C)COc1cccc(OCC(=O)Nc2ccc([N+](=O)[O-])cc2)c1. The first-order valence-corrected chi connectivity index (χ1v) is 7.84. The highest BCUT2D eigenvalue weighted by molar-refractivity contribution is 5.91. The van der Waals surface area contributed by atoms with E-state index in [9.17, 15) is 14.9 Å². The molecule has 1 N–H and O–H groups in total. The number of rotatable bonds is 8. The first kappa shape index (κ1) is 18.3. The van der Waals surface area contributed by atoms with Crippen LogP contribution in [0.1, 0.15) is 13.8 Å². The number of hydrogen-bond acceptors (Lipinski definition) is 5. The lowest BCUT2D eigenvalue weighted by Crippen LogP contribution is -2.20. The average molecular weight is 344 g/mol. The third-order valence-corrected chi connectivity index (χ3v) is 3.12. The fourth-order valence-electron chi connectivity index (χ4n) is 1.93. The number of benzene rings is 2. The van der Waals surface area contributed by atoms with Gasteiger partial charge in [-0.25, -0.2) is 0 Å². The molecule has 0 unspecified atom stereocenters. The highest BCUT2D eigenvalue weighted by atomic mass is 16.6. The van der Waals surface area contributed by atoms with Gasteiger partial charge in [-0.1, -0.05) is 19.9 Å². The van der Waals surface area contributed by atoms with Crippen LogP contribution in [0.4, 0.5) is 11.4 Å². The molecule has 2 aromatic rings. The van der Waals surface area contributed by atoms with Crippen LogP contribution < -0.4 is 14.8 Å². The first-order valence-electron chi connectivity index (χ1n) is 7.84. The van der Waals surface area contributed by atoms with E-state index in [1.54, 1.807) is 18.2 Å². The number of carbonyl (C=O) groups is 1. The molecular weight excluding hydrogens is 324 g/mol. The van der Waals surface area contributed by atoms with Crippen molar-refractivity contribution in [2.45, 2.75) is 13.8 Å². The first-order chi connectivity index (χ1) is 11.9. The van der Waals surface area contributed by atoms with E-state index < -0.39 is 4.92 Å². The molecule has 7 nitrogen and oxygen atoms in total. The quantitative estimate of drug-likeness (QED) is 0.583. The van der Waals surface area contributed by atoms with Crippen molar-refractivity contribution < 1.29 is 19.2 Å². The van der Waals surface area contributed by atoms with E-state index in [4.69, 9.17) is 9.47 Å². The Morgan fingerprint density at radius 1 is 1.12 bits per heavy atom. The molecule has 0 aliphatic heterocycles. The van der Waals surface area contributed by atoms with E-state index in [1.165, 1.54) is 24.3 Å². The lowest BCUT2D eigenvalue weighted by Gasteiger charge is -2.11. The van der Waals surface area contributed by atoms with Crippen molar-refractivity contribution in [3.8, 4) is 11.5 Å². The Balaban J connectivity index is 1.85. The third kappa shape index (κ3) is 6.14. The predicted octanol–water partition coefficient (Wildman–Crippen LogP) is 3.65. The summed E-state index contributed by atoms with van der Waals surface area (Å²) < 4.78 is 11.1. The smallest absolute Gasteiger partial charge is 0.269 e. The van der Waals surface area contributed by atoms with Crippen LogP contribution in [0.15, 0.2) is 48.5 Å². The molecule has 7 heteroatoms. The van der Waals surface area contributed by atoms with Crippen LogP contribution in [0, 0.1) is 16.0 Å². The number of nitro groups is 1. The molecule has 132 valence electrons. The standard InChI is InChI=1S/C18H20N2O5/c1-13(2)11-24-16-4-3-5-17(10-16)25-12-18(21)19-14-6-8-15(9-7-14)20(22)23/h3-10,13H,11-12H2,1-2H3,(H,19,21). The predicted molar refractivity (Wildman–Crippen MR) is 94.0 cm³/mol.